The minimum Gasteiger partial charge on any atom is -0.344 e. The van der Waals surface area contributed by atoms with Crippen LogP contribution in [-0.4, -0.2) is 11.0 Å². The summed E-state index contributed by atoms with van der Waals surface area (Å²) in [5.74, 6) is 0. The highest BCUT2D eigenvalue weighted by Crippen LogP contribution is 2.52. The van der Waals surface area contributed by atoms with E-state index in [1.165, 1.54) is 0 Å². The Bertz CT molecular complexity index is 1090. The monoisotopic (exact) mass is 435 g/mol. The van der Waals surface area contributed by atoms with Gasteiger partial charge in [0, 0.05) is 16.4 Å². The van der Waals surface area contributed by atoms with Gasteiger partial charge in [0.15, 0.2) is 0 Å². The van der Waals surface area contributed by atoms with Gasteiger partial charge < -0.3 is 10.7 Å². The summed E-state index contributed by atoms with van der Waals surface area (Å²) >= 11 is 0. The highest BCUT2D eigenvalue weighted by Gasteiger charge is 2.44. The van der Waals surface area contributed by atoms with Crippen LogP contribution in [0.5, 0.6) is 0 Å². The summed E-state index contributed by atoms with van der Waals surface area (Å²) in [6, 6.07) is 16.0. The second-order valence-electron chi connectivity index (χ2n) is 8.10. The average Bonchev–Trinajstić information content (AvgIpc) is 2.66. The fourth-order valence-corrected chi connectivity index (χ4v) is 6.89. The van der Waals surface area contributed by atoms with Crippen molar-refractivity contribution in [1.29, 1.82) is 0 Å². The van der Waals surface area contributed by atoms with Gasteiger partial charge in [0.1, 0.15) is 0 Å². The van der Waals surface area contributed by atoms with Crippen LogP contribution in [0.25, 0.3) is 0 Å². The third kappa shape index (κ3) is 4.32. The van der Waals surface area contributed by atoms with E-state index in [9.17, 15) is 14.2 Å². The first-order chi connectivity index (χ1) is 14.1. The molecule has 4 nitrogen and oxygen atoms in total. The molecular weight excluding hydrogens is 405 g/mol. The normalized spacial score (nSPS) is 11.0. The van der Waals surface area contributed by atoms with Crippen LogP contribution in [0.3, 0.4) is 0 Å². The van der Waals surface area contributed by atoms with Crippen molar-refractivity contribution in [3.05, 3.63) is 99.1 Å². The molecule has 0 saturated carbocycles. The van der Waals surface area contributed by atoms with Crippen molar-refractivity contribution in [2.24, 2.45) is 0 Å². The zero-order valence-electron chi connectivity index (χ0n) is 19.1. The van der Waals surface area contributed by atoms with Crippen LogP contribution in [0.4, 0.5) is 0 Å². The third-order valence-corrected chi connectivity index (χ3v) is 8.09. The van der Waals surface area contributed by atoms with Gasteiger partial charge >= 0.3 is 0 Å². The Morgan fingerprint density at radius 1 is 0.613 bits per heavy atom. The van der Waals surface area contributed by atoms with Crippen molar-refractivity contribution in [1.82, 2.24) is 6.15 Å². The summed E-state index contributed by atoms with van der Waals surface area (Å²) < 4.78 is 14.5. The maximum Gasteiger partial charge on any atom is 0.248 e. The second kappa shape index (κ2) is 9.13. The molecule has 3 N–H and O–H groups in total. The summed E-state index contributed by atoms with van der Waals surface area (Å²) in [6.45, 7) is 11.2. The summed E-state index contributed by atoms with van der Waals surface area (Å²) in [5.41, 5.74) is 4.56. The van der Waals surface area contributed by atoms with Crippen LogP contribution in [0.1, 0.15) is 54.1 Å². The SMILES string of the molecule is Cc1cc(C)c(C(=O)P(=O)(C(=O)c2c(C)cc(C)cc2C)c2ccccc2)c(C)c1.N. The number of rotatable bonds is 5. The molecule has 0 fully saturated rings. The van der Waals surface area contributed by atoms with E-state index in [4.69, 9.17) is 0 Å². The minimum absolute atomic E-state index is 0. The lowest BCUT2D eigenvalue weighted by Gasteiger charge is -2.21. The van der Waals surface area contributed by atoms with Crippen molar-refractivity contribution in [2.45, 2.75) is 41.5 Å². The Labute approximate surface area is 184 Å². The van der Waals surface area contributed by atoms with E-state index in [1.807, 2.05) is 65.8 Å². The lowest BCUT2D eigenvalue weighted by molar-refractivity contribution is 0.104. The Morgan fingerprint density at radius 3 is 1.26 bits per heavy atom. The molecule has 0 aliphatic rings. The molecule has 3 aromatic rings. The largest absolute Gasteiger partial charge is 0.344 e. The van der Waals surface area contributed by atoms with E-state index in [1.54, 1.807) is 30.3 Å². The number of carbonyl (C=O) groups excluding carboxylic acids is 2. The van der Waals surface area contributed by atoms with Crippen LogP contribution in [0.15, 0.2) is 54.6 Å². The van der Waals surface area contributed by atoms with Crippen molar-refractivity contribution < 1.29 is 14.2 Å². The minimum atomic E-state index is -4.11. The summed E-state index contributed by atoms with van der Waals surface area (Å²) in [5, 5.41) is 0.277. The predicted octanol–water partition coefficient (Wildman–Crippen LogP) is 6.37. The standard InChI is InChI=1S/C26H27O3P.H3N/c1-16-12-18(3)23(19(4)13-16)25(27)30(29,22-10-8-7-9-11-22)26(28)24-20(5)14-17(2)15-21(24)6;/h7-15H,1-6H3;1H3. The van der Waals surface area contributed by atoms with Crippen LogP contribution < -0.4 is 11.5 Å². The van der Waals surface area contributed by atoms with E-state index < -0.39 is 18.2 Å². The van der Waals surface area contributed by atoms with E-state index in [2.05, 4.69) is 0 Å². The Morgan fingerprint density at radius 2 is 0.935 bits per heavy atom. The van der Waals surface area contributed by atoms with Gasteiger partial charge in [-0.05, 0) is 63.8 Å². The molecule has 0 atom stereocenters. The van der Waals surface area contributed by atoms with Gasteiger partial charge in [0.05, 0.1) is 0 Å². The van der Waals surface area contributed by atoms with E-state index >= 15 is 0 Å². The third-order valence-electron chi connectivity index (χ3n) is 5.47. The molecule has 5 heteroatoms. The average molecular weight is 436 g/mol. The highest BCUT2D eigenvalue weighted by atomic mass is 31.2. The molecule has 0 saturated heterocycles. The number of hydrogen-bond donors (Lipinski definition) is 1. The number of aryl methyl sites for hydroxylation is 6. The van der Waals surface area contributed by atoms with Crippen molar-refractivity contribution in [3.8, 4) is 0 Å². The van der Waals surface area contributed by atoms with Gasteiger partial charge in [-0.15, -0.1) is 0 Å². The van der Waals surface area contributed by atoms with Crippen molar-refractivity contribution in [2.75, 3.05) is 0 Å². The molecule has 0 unspecified atom stereocenters. The molecule has 0 aliphatic carbocycles. The molecule has 0 heterocycles. The first-order valence-corrected chi connectivity index (χ1v) is 11.7. The molecule has 3 rings (SSSR count). The summed E-state index contributed by atoms with van der Waals surface area (Å²) in [7, 11) is -4.11. The second-order valence-corrected chi connectivity index (χ2v) is 10.6. The van der Waals surface area contributed by atoms with Gasteiger partial charge in [-0.2, -0.15) is 0 Å². The van der Waals surface area contributed by atoms with Crippen molar-refractivity contribution in [3.63, 3.8) is 0 Å². The number of benzene rings is 3. The molecule has 0 spiro atoms. The maximum absolute atomic E-state index is 14.5. The lowest BCUT2D eigenvalue weighted by Crippen LogP contribution is -2.23. The quantitative estimate of drug-likeness (QED) is 0.472. The first kappa shape index (κ1) is 24.5. The lowest BCUT2D eigenvalue weighted by atomic mass is 10.0. The molecule has 0 amide bonds. The molecule has 162 valence electrons. The van der Waals surface area contributed by atoms with Crippen LogP contribution in [0.2, 0.25) is 0 Å². The van der Waals surface area contributed by atoms with Gasteiger partial charge in [0.2, 0.25) is 18.2 Å². The predicted molar refractivity (Wildman–Crippen MR) is 129 cm³/mol. The van der Waals surface area contributed by atoms with E-state index in [0.29, 0.717) is 11.1 Å². The van der Waals surface area contributed by atoms with E-state index in [-0.39, 0.29) is 11.5 Å². The molecule has 0 radical (unpaired) electrons. The smallest absolute Gasteiger partial charge is 0.248 e. The molecular formula is C26H30NO3P. The van der Waals surface area contributed by atoms with Crippen LogP contribution >= 0.6 is 7.14 Å². The topological polar surface area (TPSA) is 86.2 Å². The molecule has 3 aromatic carbocycles. The fraction of sp³-hybridized carbons (Fsp3) is 0.231. The number of carbonyl (C=O) groups is 2. The van der Waals surface area contributed by atoms with Gasteiger partial charge in [0.25, 0.3) is 0 Å². The molecule has 0 aromatic heterocycles. The highest BCUT2D eigenvalue weighted by molar-refractivity contribution is 8.01. The maximum atomic E-state index is 14.5. The van der Waals surface area contributed by atoms with Crippen molar-refractivity contribution >= 4 is 23.5 Å². The van der Waals surface area contributed by atoms with Crippen LogP contribution in [-0.2, 0) is 4.57 Å². The summed E-state index contributed by atoms with van der Waals surface area (Å²) in [6.07, 6.45) is 0. The fourth-order valence-electron chi connectivity index (χ4n) is 4.31. The Hall–Kier alpha value is -2.81. The first-order valence-electron chi connectivity index (χ1n) is 9.98. The van der Waals surface area contributed by atoms with E-state index in [0.717, 1.165) is 33.4 Å². The Balaban J connectivity index is 0.00000341. The zero-order valence-corrected chi connectivity index (χ0v) is 20.0. The van der Waals surface area contributed by atoms with Gasteiger partial charge in [-0.25, -0.2) is 0 Å². The summed E-state index contributed by atoms with van der Waals surface area (Å²) in [4.78, 5) is 27.7. The zero-order chi connectivity index (χ0) is 22.2. The molecule has 0 bridgehead atoms. The number of hydrogen-bond acceptors (Lipinski definition) is 4. The molecule has 0 aliphatic heterocycles. The van der Waals surface area contributed by atoms with Gasteiger partial charge in [-0.1, -0.05) is 65.7 Å². The molecule has 31 heavy (non-hydrogen) atoms. The van der Waals surface area contributed by atoms with Crippen LogP contribution in [0, 0.1) is 41.5 Å². The van der Waals surface area contributed by atoms with Gasteiger partial charge in [-0.3, -0.25) is 9.59 Å². The Kier molecular flexibility index (Phi) is 7.21.